The highest BCUT2D eigenvalue weighted by Gasteiger charge is 2.41. The Hall–Kier alpha value is -2.11. The maximum atomic E-state index is 12.5. The van der Waals surface area contributed by atoms with Crippen LogP contribution >= 0.6 is 11.6 Å². The van der Waals surface area contributed by atoms with E-state index in [1.807, 2.05) is 42.0 Å². The summed E-state index contributed by atoms with van der Waals surface area (Å²) in [6.07, 6.45) is 6.36. The lowest BCUT2D eigenvalue weighted by molar-refractivity contribution is -0.145. The third-order valence-electron chi connectivity index (χ3n) is 4.59. The maximum absolute atomic E-state index is 12.5. The maximum Gasteiger partial charge on any atom is 0.334 e. The van der Waals surface area contributed by atoms with E-state index in [9.17, 15) is 9.90 Å². The summed E-state index contributed by atoms with van der Waals surface area (Å²) in [4.78, 5) is 12.5. The van der Waals surface area contributed by atoms with Crippen LogP contribution in [0.4, 0.5) is 5.69 Å². The molecule has 4 nitrogen and oxygen atoms in total. The Morgan fingerprint density at radius 3 is 2.46 bits per heavy atom. The molecular formula is C20H21ClN2O2S. The molecule has 3 aromatic rings. The van der Waals surface area contributed by atoms with Gasteiger partial charge in [0.05, 0.1) is 11.2 Å². The number of carboxylic acids is 1. The molecule has 1 N–H and O–H groups in total. The molecule has 0 bridgehead atoms. The van der Waals surface area contributed by atoms with Crippen molar-refractivity contribution >= 4 is 44.9 Å². The molecule has 0 aliphatic rings. The quantitative estimate of drug-likeness (QED) is 0.650. The van der Waals surface area contributed by atoms with Gasteiger partial charge in [-0.25, -0.2) is 9.16 Å². The largest absolute Gasteiger partial charge is 0.479 e. The Morgan fingerprint density at radius 2 is 1.88 bits per heavy atom. The van der Waals surface area contributed by atoms with Gasteiger partial charge in [0.25, 0.3) is 0 Å². The fourth-order valence-corrected chi connectivity index (χ4v) is 4.06. The molecule has 0 fully saturated rings. The Labute approximate surface area is 160 Å². The van der Waals surface area contributed by atoms with Crippen molar-refractivity contribution in [2.45, 2.75) is 18.9 Å². The highest BCUT2D eigenvalue weighted by atomic mass is 35.5. The number of benzene rings is 2. The van der Waals surface area contributed by atoms with Crippen molar-refractivity contribution in [2.75, 3.05) is 12.5 Å². The number of rotatable bonds is 5. The van der Waals surface area contributed by atoms with E-state index >= 15 is 0 Å². The molecule has 0 amide bonds. The molecule has 1 aromatic heterocycles. The minimum atomic E-state index is -1.20. The summed E-state index contributed by atoms with van der Waals surface area (Å²) in [5.74, 6) is -0.895. The van der Waals surface area contributed by atoms with Crippen LogP contribution in [0, 0.1) is 0 Å². The standard InChI is InChI=1S/C20H21ClN2O2S/c1-4-20(19(24)25,14-8-10-15(21)11-9-14)23-13-12-16-17(22-26(2)3)6-5-7-18(16)23/h5-13H,4H2,1-3H3,(H,24,25). The molecule has 0 saturated carbocycles. The summed E-state index contributed by atoms with van der Waals surface area (Å²) in [6, 6.07) is 14.8. The Bertz CT molecular complexity index is 991. The number of aromatic nitrogens is 1. The zero-order chi connectivity index (χ0) is 18.9. The first-order chi connectivity index (χ1) is 12.4. The fourth-order valence-electron chi connectivity index (χ4n) is 3.38. The van der Waals surface area contributed by atoms with Gasteiger partial charge < -0.3 is 9.67 Å². The second kappa shape index (κ2) is 7.25. The third-order valence-corrected chi connectivity index (χ3v) is 5.40. The van der Waals surface area contributed by atoms with Crippen LogP contribution in [0.5, 0.6) is 0 Å². The van der Waals surface area contributed by atoms with Crippen molar-refractivity contribution in [3.8, 4) is 0 Å². The van der Waals surface area contributed by atoms with Gasteiger partial charge in [0.2, 0.25) is 0 Å². The Balaban J connectivity index is 2.31. The zero-order valence-corrected chi connectivity index (χ0v) is 16.5. The lowest BCUT2D eigenvalue weighted by Gasteiger charge is -2.31. The summed E-state index contributed by atoms with van der Waals surface area (Å²) in [5, 5.41) is 11.8. The van der Waals surface area contributed by atoms with E-state index in [2.05, 4.69) is 16.9 Å². The number of aliphatic carboxylic acids is 1. The molecule has 1 heterocycles. The fraction of sp³-hybridized carbons (Fsp3) is 0.250. The van der Waals surface area contributed by atoms with Gasteiger partial charge in [-0.05, 0) is 54.8 Å². The second-order valence-corrected chi connectivity index (χ2v) is 8.45. The minimum absolute atomic E-state index is 0.0989. The highest BCUT2D eigenvalue weighted by molar-refractivity contribution is 7.85. The highest BCUT2D eigenvalue weighted by Crippen LogP contribution is 2.37. The van der Waals surface area contributed by atoms with Crippen LogP contribution in [0.1, 0.15) is 18.9 Å². The van der Waals surface area contributed by atoms with Gasteiger partial charge >= 0.3 is 5.97 Å². The monoisotopic (exact) mass is 388 g/mol. The van der Waals surface area contributed by atoms with E-state index in [0.29, 0.717) is 17.0 Å². The number of carboxylic acid groups (broad SMARTS) is 1. The lowest BCUT2D eigenvalue weighted by Crippen LogP contribution is -2.42. The number of hydrogen-bond donors (Lipinski definition) is 1. The smallest absolute Gasteiger partial charge is 0.334 e. The molecule has 0 saturated heterocycles. The average Bonchev–Trinajstić information content (AvgIpc) is 3.02. The van der Waals surface area contributed by atoms with Crippen molar-refractivity contribution in [3.63, 3.8) is 0 Å². The topological polar surface area (TPSA) is 54.6 Å². The van der Waals surface area contributed by atoms with Crippen LogP contribution in [-0.2, 0) is 21.0 Å². The molecule has 6 heteroatoms. The summed E-state index contributed by atoms with van der Waals surface area (Å²) in [6.45, 7) is 1.89. The Morgan fingerprint density at radius 1 is 1.19 bits per heavy atom. The third kappa shape index (κ3) is 3.06. The van der Waals surface area contributed by atoms with E-state index in [4.69, 9.17) is 11.6 Å². The van der Waals surface area contributed by atoms with E-state index in [1.54, 1.807) is 24.3 Å². The number of nitrogens with zero attached hydrogens (tertiary/aromatic N) is 2. The first kappa shape index (κ1) is 18.7. The first-order valence-electron chi connectivity index (χ1n) is 8.29. The normalized spacial score (nSPS) is 13.7. The van der Waals surface area contributed by atoms with E-state index in [0.717, 1.165) is 16.6 Å². The van der Waals surface area contributed by atoms with Gasteiger partial charge in [0.1, 0.15) is 0 Å². The number of carbonyl (C=O) groups is 1. The molecule has 26 heavy (non-hydrogen) atoms. The van der Waals surface area contributed by atoms with Gasteiger partial charge in [0, 0.05) is 16.6 Å². The van der Waals surface area contributed by atoms with Crippen LogP contribution in [0.3, 0.4) is 0 Å². The van der Waals surface area contributed by atoms with Gasteiger partial charge in [0.15, 0.2) is 5.54 Å². The number of halogens is 1. The molecule has 3 rings (SSSR count). The van der Waals surface area contributed by atoms with Gasteiger partial charge in [-0.1, -0.05) is 36.7 Å². The summed E-state index contributed by atoms with van der Waals surface area (Å²) < 4.78 is 6.53. The van der Waals surface area contributed by atoms with Crippen molar-refractivity contribution < 1.29 is 9.90 Å². The van der Waals surface area contributed by atoms with E-state index < -0.39 is 11.5 Å². The molecule has 0 aliphatic carbocycles. The number of hydrogen-bond acceptors (Lipinski definition) is 2. The SMILES string of the molecule is CCC(C(=O)O)(c1ccc(Cl)cc1)n1ccc2c(N=S(C)C)cccc21. The van der Waals surface area contributed by atoms with E-state index in [-0.39, 0.29) is 10.7 Å². The predicted octanol–water partition coefficient (Wildman–Crippen LogP) is 5.23. The van der Waals surface area contributed by atoms with Crippen LogP contribution in [0.25, 0.3) is 10.9 Å². The number of fused-ring (bicyclic) bond motifs is 1. The summed E-state index contributed by atoms with van der Waals surface area (Å²) in [7, 11) is -0.0989. The second-order valence-electron chi connectivity index (χ2n) is 6.29. The Kier molecular flexibility index (Phi) is 5.21. The van der Waals surface area contributed by atoms with Gasteiger partial charge in [-0.3, -0.25) is 0 Å². The van der Waals surface area contributed by atoms with Crippen LogP contribution < -0.4 is 0 Å². The molecule has 0 aliphatic heterocycles. The van der Waals surface area contributed by atoms with Crippen molar-refractivity contribution in [3.05, 3.63) is 65.3 Å². The minimum Gasteiger partial charge on any atom is -0.479 e. The molecule has 136 valence electrons. The predicted molar refractivity (Wildman–Crippen MR) is 110 cm³/mol. The lowest BCUT2D eigenvalue weighted by atomic mass is 9.86. The van der Waals surface area contributed by atoms with Gasteiger partial charge in [-0.2, -0.15) is 0 Å². The van der Waals surface area contributed by atoms with Crippen LogP contribution in [-0.4, -0.2) is 28.2 Å². The summed E-state index contributed by atoms with van der Waals surface area (Å²) >= 11 is 6.01. The molecule has 0 radical (unpaired) electrons. The molecule has 0 spiro atoms. The first-order valence-corrected chi connectivity index (χ1v) is 10.7. The molecule has 1 unspecified atom stereocenters. The average molecular weight is 389 g/mol. The van der Waals surface area contributed by atoms with Crippen molar-refractivity contribution in [2.24, 2.45) is 4.36 Å². The van der Waals surface area contributed by atoms with Gasteiger partial charge in [-0.15, -0.1) is 10.7 Å². The van der Waals surface area contributed by atoms with Crippen molar-refractivity contribution in [1.82, 2.24) is 4.57 Å². The van der Waals surface area contributed by atoms with Crippen LogP contribution in [0.2, 0.25) is 5.02 Å². The van der Waals surface area contributed by atoms with Crippen molar-refractivity contribution in [1.29, 1.82) is 0 Å². The summed E-state index contributed by atoms with van der Waals surface area (Å²) in [5.41, 5.74) is 1.24. The molecular weight excluding hydrogens is 368 g/mol. The molecule has 2 aromatic carbocycles. The van der Waals surface area contributed by atoms with Crippen LogP contribution in [0.15, 0.2) is 59.1 Å². The molecule has 1 atom stereocenters. The zero-order valence-electron chi connectivity index (χ0n) is 14.9. The van der Waals surface area contributed by atoms with E-state index in [1.165, 1.54) is 0 Å².